The normalized spacial score (nSPS) is 16.0. The third-order valence-corrected chi connectivity index (χ3v) is 4.23. The molecule has 0 radical (unpaired) electrons. The van der Waals surface area contributed by atoms with Crippen LogP contribution in [0, 0.1) is 0 Å². The van der Waals surface area contributed by atoms with Crippen molar-refractivity contribution in [1.29, 1.82) is 0 Å². The van der Waals surface area contributed by atoms with Crippen LogP contribution in [-0.2, 0) is 6.54 Å². The van der Waals surface area contributed by atoms with Crippen LogP contribution in [0.5, 0.6) is 0 Å². The van der Waals surface area contributed by atoms with E-state index in [2.05, 4.69) is 34.3 Å². The zero-order valence-corrected chi connectivity index (χ0v) is 13.7. The third-order valence-electron chi connectivity index (χ3n) is 4.23. The maximum absolute atomic E-state index is 12.5. The van der Waals surface area contributed by atoms with Gasteiger partial charge in [-0.15, -0.1) is 0 Å². The van der Waals surface area contributed by atoms with Gasteiger partial charge in [0.05, 0.1) is 0 Å². The van der Waals surface area contributed by atoms with Crippen molar-refractivity contribution < 1.29 is 9.32 Å². The first-order valence-electron chi connectivity index (χ1n) is 8.15. The lowest BCUT2D eigenvalue weighted by molar-refractivity contribution is 0.0618. The first kappa shape index (κ1) is 15.7. The quantitative estimate of drug-likeness (QED) is 0.871. The molecule has 0 atom stereocenters. The summed E-state index contributed by atoms with van der Waals surface area (Å²) >= 11 is 0. The first-order chi connectivity index (χ1) is 11.1. The van der Waals surface area contributed by atoms with Crippen molar-refractivity contribution in [2.45, 2.75) is 26.3 Å². The number of carbonyl (C=O) groups is 1. The Morgan fingerprint density at radius 2 is 1.87 bits per heavy atom. The second-order valence-corrected chi connectivity index (χ2v) is 6.32. The van der Waals surface area contributed by atoms with Crippen molar-refractivity contribution in [3.05, 3.63) is 53.4 Å². The van der Waals surface area contributed by atoms with Gasteiger partial charge in [0.15, 0.2) is 5.69 Å². The Hall–Kier alpha value is -2.14. The Kier molecular flexibility index (Phi) is 4.76. The molecule has 2 aromatic rings. The fourth-order valence-corrected chi connectivity index (χ4v) is 2.77. The van der Waals surface area contributed by atoms with E-state index in [1.807, 2.05) is 24.8 Å². The summed E-state index contributed by atoms with van der Waals surface area (Å²) in [6, 6.07) is 12.2. The van der Waals surface area contributed by atoms with Gasteiger partial charge in [0.2, 0.25) is 0 Å². The monoisotopic (exact) mass is 313 g/mol. The highest BCUT2D eigenvalue weighted by Gasteiger charge is 2.24. The highest BCUT2D eigenvalue weighted by Crippen LogP contribution is 2.17. The van der Waals surface area contributed by atoms with Crippen LogP contribution in [0.1, 0.15) is 41.6 Å². The molecule has 0 saturated carbocycles. The SMILES string of the molecule is CC(C)c1cc(C(=O)N2CCN(Cc3ccccc3)CC2)no1. The van der Waals surface area contributed by atoms with Gasteiger partial charge in [-0.3, -0.25) is 9.69 Å². The smallest absolute Gasteiger partial charge is 0.276 e. The molecule has 0 aliphatic carbocycles. The van der Waals surface area contributed by atoms with Gasteiger partial charge in [-0.25, -0.2) is 0 Å². The molecular formula is C18H23N3O2. The van der Waals surface area contributed by atoms with E-state index in [0.717, 1.165) is 38.5 Å². The van der Waals surface area contributed by atoms with E-state index < -0.39 is 0 Å². The summed E-state index contributed by atoms with van der Waals surface area (Å²) in [7, 11) is 0. The molecule has 1 aliphatic rings. The van der Waals surface area contributed by atoms with E-state index in [0.29, 0.717) is 5.69 Å². The molecule has 5 heteroatoms. The molecule has 1 aromatic heterocycles. The van der Waals surface area contributed by atoms with Crippen LogP contribution in [0.2, 0.25) is 0 Å². The number of aromatic nitrogens is 1. The van der Waals surface area contributed by atoms with E-state index in [9.17, 15) is 4.79 Å². The van der Waals surface area contributed by atoms with Crippen LogP contribution in [0.15, 0.2) is 40.9 Å². The predicted octanol–water partition coefficient (Wildman–Crippen LogP) is 2.76. The summed E-state index contributed by atoms with van der Waals surface area (Å²) in [5, 5.41) is 3.92. The maximum Gasteiger partial charge on any atom is 0.276 e. The number of carbonyl (C=O) groups excluding carboxylic acids is 1. The molecule has 1 aromatic carbocycles. The van der Waals surface area contributed by atoms with Crippen molar-refractivity contribution in [3.8, 4) is 0 Å². The highest BCUT2D eigenvalue weighted by atomic mass is 16.5. The number of hydrogen-bond donors (Lipinski definition) is 0. The van der Waals surface area contributed by atoms with Gasteiger partial charge in [0, 0.05) is 44.7 Å². The van der Waals surface area contributed by atoms with Crippen molar-refractivity contribution in [3.63, 3.8) is 0 Å². The van der Waals surface area contributed by atoms with E-state index in [1.54, 1.807) is 6.07 Å². The standard InChI is InChI=1S/C18H23N3O2/c1-14(2)17-12-16(19-23-17)18(22)21-10-8-20(9-11-21)13-15-6-4-3-5-7-15/h3-7,12,14H,8-11,13H2,1-2H3. The van der Waals surface area contributed by atoms with Crippen LogP contribution in [0.25, 0.3) is 0 Å². The van der Waals surface area contributed by atoms with Crippen LogP contribution in [-0.4, -0.2) is 47.0 Å². The maximum atomic E-state index is 12.5. The van der Waals surface area contributed by atoms with Gasteiger partial charge in [-0.2, -0.15) is 0 Å². The molecule has 0 spiro atoms. The number of piperazine rings is 1. The van der Waals surface area contributed by atoms with Crippen molar-refractivity contribution >= 4 is 5.91 Å². The highest BCUT2D eigenvalue weighted by molar-refractivity contribution is 5.92. The first-order valence-corrected chi connectivity index (χ1v) is 8.15. The Morgan fingerprint density at radius 3 is 2.48 bits per heavy atom. The summed E-state index contributed by atoms with van der Waals surface area (Å²) in [4.78, 5) is 16.7. The van der Waals surface area contributed by atoms with Crippen molar-refractivity contribution in [1.82, 2.24) is 15.0 Å². The lowest BCUT2D eigenvalue weighted by atomic mass is 10.1. The number of nitrogens with zero attached hydrogens (tertiary/aromatic N) is 3. The summed E-state index contributed by atoms with van der Waals surface area (Å²) < 4.78 is 5.23. The summed E-state index contributed by atoms with van der Waals surface area (Å²) in [5.74, 6) is 0.975. The molecule has 1 fully saturated rings. The molecular weight excluding hydrogens is 290 g/mol. The summed E-state index contributed by atoms with van der Waals surface area (Å²) in [6.45, 7) is 8.22. The molecule has 1 aliphatic heterocycles. The van der Waals surface area contributed by atoms with Gasteiger partial charge in [-0.1, -0.05) is 49.3 Å². The summed E-state index contributed by atoms with van der Waals surface area (Å²) in [5.41, 5.74) is 1.73. The number of benzene rings is 1. The van der Waals surface area contributed by atoms with Crippen LogP contribution < -0.4 is 0 Å². The van der Waals surface area contributed by atoms with Crippen LogP contribution >= 0.6 is 0 Å². The van der Waals surface area contributed by atoms with E-state index >= 15 is 0 Å². The van der Waals surface area contributed by atoms with Crippen molar-refractivity contribution in [2.24, 2.45) is 0 Å². The molecule has 1 saturated heterocycles. The van der Waals surface area contributed by atoms with Crippen molar-refractivity contribution in [2.75, 3.05) is 26.2 Å². The Bertz CT molecular complexity index is 643. The molecule has 122 valence electrons. The van der Waals surface area contributed by atoms with E-state index in [4.69, 9.17) is 4.52 Å². The Labute approximate surface area is 136 Å². The lowest BCUT2D eigenvalue weighted by Crippen LogP contribution is -2.48. The average molecular weight is 313 g/mol. The zero-order valence-electron chi connectivity index (χ0n) is 13.7. The molecule has 0 N–H and O–H groups in total. The zero-order chi connectivity index (χ0) is 16.2. The molecule has 0 unspecified atom stereocenters. The number of rotatable bonds is 4. The number of amides is 1. The predicted molar refractivity (Wildman–Crippen MR) is 88.2 cm³/mol. The minimum atomic E-state index is -0.0278. The summed E-state index contributed by atoms with van der Waals surface area (Å²) in [6.07, 6.45) is 0. The molecule has 3 rings (SSSR count). The second kappa shape index (κ2) is 6.96. The van der Waals surface area contributed by atoms with Gasteiger partial charge in [0.25, 0.3) is 5.91 Å². The molecule has 23 heavy (non-hydrogen) atoms. The van der Waals surface area contributed by atoms with Gasteiger partial charge >= 0.3 is 0 Å². The second-order valence-electron chi connectivity index (χ2n) is 6.32. The van der Waals surface area contributed by atoms with Gasteiger partial charge < -0.3 is 9.42 Å². The molecule has 5 nitrogen and oxygen atoms in total. The fourth-order valence-electron chi connectivity index (χ4n) is 2.77. The Balaban J connectivity index is 1.54. The molecule has 2 heterocycles. The number of hydrogen-bond acceptors (Lipinski definition) is 4. The third kappa shape index (κ3) is 3.79. The fraction of sp³-hybridized carbons (Fsp3) is 0.444. The molecule has 0 bridgehead atoms. The van der Waals surface area contributed by atoms with Gasteiger partial charge in [0.1, 0.15) is 5.76 Å². The van der Waals surface area contributed by atoms with Gasteiger partial charge in [-0.05, 0) is 5.56 Å². The lowest BCUT2D eigenvalue weighted by Gasteiger charge is -2.34. The van der Waals surface area contributed by atoms with E-state index in [1.165, 1.54) is 5.56 Å². The molecule has 1 amide bonds. The minimum Gasteiger partial charge on any atom is -0.360 e. The van der Waals surface area contributed by atoms with Crippen LogP contribution in [0.4, 0.5) is 0 Å². The average Bonchev–Trinajstić information content (AvgIpc) is 3.06. The minimum absolute atomic E-state index is 0.0278. The largest absolute Gasteiger partial charge is 0.360 e. The Morgan fingerprint density at radius 1 is 1.17 bits per heavy atom. The topological polar surface area (TPSA) is 49.6 Å². The van der Waals surface area contributed by atoms with Crippen LogP contribution in [0.3, 0.4) is 0 Å². The van der Waals surface area contributed by atoms with E-state index in [-0.39, 0.29) is 11.8 Å².